The third-order valence-electron chi connectivity index (χ3n) is 2.73. The molecule has 0 spiro atoms. The molecule has 18 heavy (non-hydrogen) atoms. The highest BCUT2D eigenvalue weighted by atomic mass is 35.5. The summed E-state index contributed by atoms with van der Waals surface area (Å²) in [5.41, 5.74) is 6.67. The van der Waals surface area contributed by atoms with Crippen LogP contribution in [0.5, 0.6) is 0 Å². The van der Waals surface area contributed by atoms with Crippen molar-refractivity contribution in [1.82, 2.24) is 4.90 Å². The molecule has 0 saturated carbocycles. The number of methoxy groups -OCH3 is 1. The Morgan fingerprint density at radius 2 is 2.00 bits per heavy atom. The van der Waals surface area contributed by atoms with Gasteiger partial charge in [-0.15, -0.1) is 12.4 Å². The molecular formula is C13H21ClN2O2. The van der Waals surface area contributed by atoms with E-state index in [9.17, 15) is 4.79 Å². The van der Waals surface area contributed by atoms with Crippen LogP contribution in [0, 0.1) is 0 Å². The number of hydrogen-bond acceptors (Lipinski definition) is 3. The minimum absolute atomic E-state index is 0. The number of amides is 1. The second kappa shape index (κ2) is 8.91. The number of hydrogen-bond donors (Lipinski definition) is 1. The predicted molar refractivity (Wildman–Crippen MR) is 74.9 cm³/mol. The average molecular weight is 273 g/mol. The van der Waals surface area contributed by atoms with Crippen LogP contribution in [0.1, 0.15) is 5.56 Å². The summed E-state index contributed by atoms with van der Waals surface area (Å²) in [7, 11) is 3.27. The molecule has 0 aliphatic rings. The molecule has 1 atom stereocenters. The Hall–Kier alpha value is -1.10. The van der Waals surface area contributed by atoms with Gasteiger partial charge in [0.1, 0.15) is 6.10 Å². The fourth-order valence-corrected chi connectivity index (χ4v) is 1.60. The van der Waals surface area contributed by atoms with Gasteiger partial charge in [0.2, 0.25) is 0 Å². The number of likely N-dealkylation sites (N-methyl/N-ethyl adjacent to an activating group) is 1. The average Bonchev–Trinajstić information content (AvgIpc) is 2.38. The summed E-state index contributed by atoms with van der Waals surface area (Å²) in [6.45, 7) is 0.883. The second-order valence-electron chi connectivity index (χ2n) is 3.96. The fourth-order valence-electron chi connectivity index (χ4n) is 1.60. The summed E-state index contributed by atoms with van der Waals surface area (Å²) < 4.78 is 5.02. The quantitative estimate of drug-likeness (QED) is 0.843. The Morgan fingerprint density at radius 3 is 2.50 bits per heavy atom. The lowest BCUT2D eigenvalue weighted by molar-refractivity contribution is -0.139. The fraction of sp³-hybridized carbons (Fsp3) is 0.462. The van der Waals surface area contributed by atoms with E-state index in [0.717, 1.165) is 6.42 Å². The topological polar surface area (TPSA) is 55.6 Å². The molecule has 5 heteroatoms. The highest BCUT2D eigenvalue weighted by Gasteiger charge is 2.19. The van der Waals surface area contributed by atoms with E-state index in [4.69, 9.17) is 10.5 Å². The maximum atomic E-state index is 11.8. The minimum Gasteiger partial charge on any atom is -0.370 e. The number of carbonyl (C=O) groups is 1. The van der Waals surface area contributed by atoms with Crippen molar-refractivity contribution in [3.05, 3.63) is 35.9 Å². The predicted octanol–water partition coefficient (Wildman–Crippen LogP) is 1.08. The molecule has 0 heterocycles. The molecule has 0 aliphatic heterocycles. The summed E-state index contributed by atoms with van der Waals surface area (Å²) in [6.07, 6.45) is 0.306. The van der Waals surface area contributed by atoms with E-state index in [2.05, 4.69) is 12.1 Å². The molecule has 1 amide bonds. The van der Waals surface area contributed by atoms with Crippen LogP contribution in [0.25, 0.3) is 0 Å². The van der Waals surface area contributed by atoms with E-state index in [0.29, 0.717) is 6.54 Å². The van der Waals surface area contributed by atoms with Crippen LogP contribution in [-0.2, 0) is 16.0 Å². The zero-order chi connectivity index (χ0) is 12.7. The van der Waals surface area contributed by atoms with E-state index in [1.165, 1.54) is 12.7 Å². The SMILES string of the molecule is COC(CN)C(=O)N(C)CCc1ccccc1.Cl. The van der Waals surface area contributed by atoms with Crippen molar-refractivity contribution in [3.8, 4) is 0 Å². The summed E-state index contributed by atoms with van der Waals surface area (Å²) in [6, 6.07) is 10.1. The number of nitrogens with zero attached hydrogens (tertiary/aromatic N) is 1. The number of ether oxygens (including phenoxy) is 1. The monoisotopic (exact) mass is 272 g/mol. The van der Waals surface area contributed by atoms with Gasteiger partial charge < -0.3 is 15.4 Å². The van der Waals surface area contributed by atoms with Gasteiger partial charge in [-0.1, -0.05) is 30.3 Å². The first-order chi connectivity index (χ1) is 8.19. The largest absolute Gasteiger partial charge is 0.370 e. The minimum atomic E-state index is -0.532. The lowest BCUT2D eigenvalue weighted by Crippen LogP contribution is -2.42. The molecule has 0 saturated heterocycles. The summed E-state index contributed by atoms with van der Waals surface area (Å²) in [4.78, 5) is 13.5. The van der Waals surface area contributed by atoms with Crippen molar-refractivity contribution in [2.45, 2.75) is 12.5 Å². The number of nitrogens with two attached hydrogens (primary N) is 1. The normalized spacial score (nSPS) is 11.5. The van der Waals surface area contributed by atoms with Crippen LogP contribution in [0.15, 0.2) is 30.3 Å². The molecule has 1 rings (SSSR count). The van der Waals surface area contributed by atoms with Gasteiger partial charge >= 0.3 is 0 Å². The number of carbonyl (C=O) groups excluding carboxylic acids is 1. The molecule has 1 unspecified atom stereocenters. The highest BCUT2D eigenvalue weighted by molar-refractivity contribution is 5.85. The molecule has 0 aromatic heterocycles. The second-order valence-corrected chi connectivity index (χ2v) is 3.96. The maximum Gasteiger partial charge on any atom is 0.252 e. The van der Waals surface area contributed by atoms with Crippen LogP contribution in [0.2, 0.25) is 0 Å². The lowest BCUT2D eigenvalue weighted by atomic mass is 10.1. The molecular weight excluding hydrogens is 252 g/mol. The lowest BCUT2D eigenvalue weighted by Gasteiger charge is -2.21. The summed E-state index contributed by atoms with van der Waals surface area (Å²) in [5.74, 6) is -0.0640. The Morgan fingerprint density at radius 1 is 1.39 bits per heavy atom. The zero-order valence-corrected chi connectivity index (χ0v) is 11.7. The highest BCUT2D eigenvalue weighted by Crippen LogP contribution is 2.02. The van der Waals surface area contributed by atoms with Crippen molar-refractivity contribution in [1.29, 1.82) is 0 Å². The zero-order valence-electron chi connectivity index (χ0n) is 10.8. The van der Waals surface area contributed by atoms with E-state index < -0.39 is 6.10 Å². The molecule has 1 aromatic rings. The molecule has 4 nitrogen and oxygen atoms in total. The van der Waals surface area contributed by atoms with Gasteiger partial charge in [0.25, 0.3) is 5.91 Å². The standard InChI is InChI=1S/C13H20N2O2.ClH/c1-15(13(16)12(10-14)17-2)9-8-11-6-4-3-5-7-11;/h3-7,12H,8-10,14H2,1-2H3;1H. The molecule has 0 bridgehead atoms. The van der Waals surface area contributed by atoms with E-state index >= 15 is 0 Å². The van der Waals surface area contributed by atoms with Gasteiger partial charge in [-0.05, 0) is 12.0 Å². The van der Waals surface area contributed by atoms with Crippen LogP contribution in [0.4, 0.5) is 0 Å². The van der Waals surface area contributed by atoms with Crippen LogP contribution in [-0.4, -0.2) is 44.2 Å². The van der Waals surface area contributed by atoms with Crippen molar-refractivity contribution in [3.63, 3.8) is 0 Å². The summed E-state index contributed by atoms with van der Waals surface area (Å²) in [5, 5.41) is 0. The summed E-state index contributed by atoms with van der Waals surface area (Å²) >= 11 is 0. The number of rotatable bonds is 6. The third kappa shape index (κ3) is 5.04. The molecule has 2 N–H and O–H groups in total. The molecule has 0 fully saturated rings. The van der Waals surface area contributed by atoms with E-state index in [1.807, 2.05) is 18.2 Å². The Balaban J connectivity index is 0.00000289. The molecule has 102 valence electrons. The van der Waals surface area contributed by atoms with Crippen molar-refractivity contribution in [2.75, 3.05) is 27.2 Å². The maximum absolute atomic E-state index is 11.8. The molecule has 0 radical (unpaired) electrons. The van der Waals surface area contributed by atoms with Crippen LogP contribution >= 0.6 is 12.4 Å². The van der Waals surface area contributed by atoms with E-state index in [1.54, 1.807) is 11.9 Å². The Kier molecular flexibility index (Phi) is 8.37. The van der Waals surface area contributed by atoms with Crippen molar-refractivity contribution in [2.24, 2.45) is 5.73 Å². The number of halogens is 1. The van der Waals surface area contributed by atoms with Gasteiger partial charge in [0, 0.05) is 27.2 Å². The van der Waals surface area contributed by atoms with Crippen molar-refractivity contribution >= 4 is 18.3 Å². The first-order valence-corrected chi connectivity index (χ1v) is 5.70. The Labute approximate surface area is 115 Å². The molecule has 0 aliphatic carbocycles. The first-order valence-electron chi connectivity index (χ1n) is 5.70. The van der Waals surface area contributed by atoms with Gasteiger partial charge in [0.05, 0.1) is 0 Å². The van der Waals surface area contributed by atoms with Crippen molar-refractivity contribution < 1.29 is 9.53 Å². The van der Waals surface area contributed by atoms with Gasteiger partial charge in [0.15, 0.2) is 0 Å². The first kappa shape index (κ1) is 16.9. The van der Waals surface area contributed by atoms with Crippen LogP contribution in [0.3, 0.4) is 0 Å². The van der Waals surface area contributed by atoms with Gasteiger partial charge in [-0.2, -0.15) is 0 Å². The molecule has 1 aromatic carbocycles. The smallest absolute Gasteiger partial charge is 0.252 e. The van der Waals surface area contributed by atoms with Gasteiger partial charge in [-0.25, -0.2) is 0 Å². The van der Waals surface area contributed by atoms with Crippen LogP contribution < -0.4 is 5.73 Å². The number of benzene rings is 1. The van der Waals surface area contributed by atoms with Gasteiger partial charge in [-0.3, -0.25) is 4.79 Å². The van der Waals surface area contributed by atoms with E-state index in [-0.39, 0.29) is 24.9 Å². The third-order valence-corrected chi connectivity index (χ3v) is 2.73. The Bertz CT molecular complexity index is 342.